The van der Waals surface area contributed by atoms with E-state index >= 15 is 0 Å². The predicted molar refractivity (Wildman–Crippen MR) is 82.3 cm³/mol. The number of hydrogen-bond donors (Lipinski definition) is 3. The van der Waals surface area contributed by atoms with E-state index < -0.39 is 17.4 Å². The SMILES string of the molecule is COCCNC(=S)NNC(=O)COc1ccccc1[N+](=O)[O-]. The molecule has 1 rings (SSSR count). The maximum atomic E-state index is 11.6. The summed E-state index contributed by atoms with van der Waals surface area (Å²) in [6, 6.07) is 5.79. The van der Waals surface area contributed by atoms with Gasteiger partial charge in [-0.1, -0.05) is 12.1 Å². The van der Waals surface area contributed by atoms with Gasteiger partial charge in [-0.15, -0.1) is 0 Å². The fourth-order valence-electron chi connectivity index (χ4n) is 1.35. The number of nitro groups is 1. The molecular formula is C12H16N4O5S. The van der Waals surface area contributed by atoms with Crippen LogP contribution in [-0.2, 0) is 9.53 Å². The molecule has 0 aromatic heterocycles. The number of rotatable bonds is 7. The van der Waals surface area contributed by atoms with Gasteiger partial charge >= 0.3 is 5.69 Å². The van der Waals surface area contributed by atoms with Gasteiger partial charge in [0.2, 0.25) is 0 Å². The van der Waals surface area contributed by atoms with Crippen LogP contribution in [0.2, 0.25) is 0 Å². The van der Waals surface area contributed by atoms with Crippen LogP contribution in [0.15, 0.2) is 24.3 Å². The van der Waals surface area contributed by atoms with Crippen molar-refractivity contribution in [3.8, 4) is 5.75 Å². The smallest absolute Gasteiger partial charge is 0.310 e. The number of nitro benzene ring substituents is 1. The maximum absolute atomic E-state index is 11.6. The fourth-order valence-corrected chi connectivity index (χ4v) is 1.50. The number of carbonyl (C=O) groups is 1. The lowest BCUT2D eigenvalue weighted by molar-refractivity contribution is -0.385. The van der Waals surface area contributed by atoms with Crippen molar-refractivity contribution in [2.24, 2.45) is 0 Å². The number of nitrogens with one attached hydrogen (secondary N) is 3. The van der Waals surface area contributed by atoms with E-state index in [2.05, 4.69) is 16.2 Å². The Kier molecular flexibility index (Phi) is 7.57. The third-order valence-corrected chi connectivity index (χ3v) is 2.57. The Bertz CT molecular complexity index is 540. The monoisotopic (exact) mass is 328 g/mol. The van der Waals surface area contributed by atoms with E-state index in [0.717, 1.165) is 0 Å². The van der Waals surface area contributed by atoms with Crippen LogP contribution in [0.5, 0.6) is 5.75 Å². The van der Waals surface area contributed by atoms with E-state index in [1.807, 2.05) is 0 Å². The normalized spacial score (nSPS) is 9.68. The molecule has 9 nitrogen and oxygen atoms in total. The molecule has 0 fully saturated rings. The van der Waals surface area contributed by atoms with Crippen LogP contribution in [0.3, 0.4) is 0 Å². The van der Waals surface area contributed by atoms with Gasteiger partial charge in [-0.05, 0) is 18.3 Å². The summed E-state index contributed by atoms with van der Waals surface area (Å²) in [5.74, 6) is -0.516. The van der Waals surface area contributed by atoms with Crippen molar-refractivity contribution in [2.75, 3.05) is 26.9 Å². The van der Waals surface area contributed by atoms with Crippen molar-refractivity contribution in [1.82, 2.24) is 16.2 Å². The largest absolute Gasteiger partial charge is 0.477 e. The van der Waals surface area contributed by atoms with E-state index in [1.54, 1.807) is 13.2 Å². The second-order valence-corrected chi connectivity index (χ2v) is 4.34. The second kappa shape index (κ2) is 9.47. The first-order chi connectivity index (χ1) is 10.5. The molecule has 0 spiro atoms. The van der Waals surface area contributed by atoms with Crippen LogP contribution < -0.4 is 20.9 Å². The minimum Gasteiger partial charge on any atom is -0.477 e. The van der Waals surface area contributed by atoms with Crippen molar-refractivity contribution in [2.45, 2.75) is 0 Å². The zero-order valence-electron chi connectivity index (χ0n) is 11.8. The number of thiocarbonyl (C=S) groups is 1. The van der Waals surface area contributed by atoms with Gasteiger partial charge in [0, 0.05) is 19.7 Å². The number of nitrogens with zero attached hydrogens (tertiary/aromatic N) is 1. The molecule has 1 amide bonds. The highest BCUT2D eigenvalue weighted by atomic mass is 32.1. The van der Waals surface area contributed by atoms with Crippen LogP contribution >= 0.6 is 12.2 Å². The Morgan fingerprint density at radius 3 is 2.77 bits per heavy atom. The van der Waals surface area contributed by atoms with Gasteiger partial charge in [-0.3, -0.25) is 25.8 Å². The third kappa shape index (κ3) is 6.33. The van der Waals surface area contributed by atoms with Crippen LogP contribution in [0.25, 0.3) is 0 Å². The Morgan fingerprint density at radius 1 is 1.36 bits per heavy atom. The second-order valence-electron chi connectivity index (χ2n) is 3.94. The fraction of sp³-hybridized carbons (Fsp3) is 0.333. The van der Waals surface area contributed by atoms with Crippen LogP contribution in [-0.4, -0.2) is 42.8 Å². The number of hydrazine groups is 1. The van der Waals surface area contributed by atoms with E-state index in [1.165, 1.54) is 18.2 Å². The summed E-state index contributed by atoms with van der Waals surface area (Å²) in [5, 5.41) is 13.8. The van der Waals surface area contributed by atoms with Gasteiger partial charge in [0.15, 0.2) is 17.5 Å². The standard InChI is InChI=1S/C12H16N4O5S/c1-20-7-6-13-12(22)15-14-11(17)8-21-10-5-3-2-4-9(10)16(18)19/h2-5H,6-8H2,1H3,(H,14,17)(H2,13,15,22). The molecule has 0 aliphatic heterocycles. The molecule has 0 saturated heterocycles. The summed E-state index contributed by atoms with van der Waals surface area (Å²) in [6.45, 7) is 0.569. The zero-order chi connectivity index (χ0) is 16.4. The molecule has 1 aromatic carbocycles. The first-order valence-electron chi connectivity index (χ1n) is 6.22. The number of para-hydroxylation sites is 2. The Labute approximate surface area is 132 Å². The maximum Gasteiger partial charge on any atom is 0.310 e. The van der Waals surface area contributed by atoms with Gasteiger partial charge in [0.05, 0.1) is 11.5 Å². The number of carbonyl (C=O) groups excluding carboxylic acids is 1. The number of benzene rings is 1. The third-order valence-electron chi connectivity index (χ3n) is 2.33. The van der Waals surface area contributed by atoms with Crippen molar-refractivity contribution < 1.29 is 19.2 Å². The highest BCUT2D eigenvalue weighted by molar-refractivity contribution is 7.80. The number of ether oxygens (including phenoxy) is 2. The summed E-state index contributed by atoms with van der Waals surface area (Å²) in [6.07, 6.45) is 0. The highest BCUT2D eigenvalue weighted by Gasteiger charge is 2.14. The molecule has 0 atom stereocenters. The quantitative estimate of drug-likeness (QED) is 0.280. The van der Waals surface area contributed by atoms with E-state index in [0.29, 0.717) is 13.2 Å². The molecule has 0 saturated carbocycles. The van der Waals surface area contributed by atoms with Crippen molar-refractivity contribution in [3.63, 3.8) is 0 Å². The Morgan fingerprint density at radius 2 is 2.09 bits per heavy atom. The Balaban J connectivity index is 2.35. The summed E-state index contributed by atoms with van der Waals surface area (Å²) in [7, 11) is 1.56. The van der Waals surface area contributed by atoms with Gasteiger partial charge in [0.25, 0.3) is 5.91 Å². The molecule has 1 aromatic rings. The molecule has 0 unspecified atom stereocenters. The minimum absolute atomic E-state index is 0.0171. The lowest BCUT2D eigenvalue weighted by atomic mass is 10.3. The van der Waals surface area contributed by atoms with Crippen LogP contribution in [0.1, 0.15) is 0 Å². The molecule has 3 N–H and O–H groups in total. The first kappa shape index (κ1) is 17.6. The van der Waals surface area contributed by atoms with Crippen molar-refractivity contribution in [3.05, 3.63) is 34.4 Å². The van der Waals surface area contributed by atoms with Gasteiger partial charge in [-0.25, -0.2) is 0 Å². The zero-order valence-corrected chi connectivity index (χ0v) is 12.6. The first-order valence-corrected chi connectivity index (χ1v) is 6.63. The predicted octanol–water partition coefficient (Wildman–Crippen LogP) is 0.115. The average molecular weight is 328 g/mol. The summed E-state index contributed by atoms with van der Waals surface area (Å²) >= 11 is 4.90. The van der Waals surface area contributed by atoms with Crippen LogP contribution in [0.4, 0.5) is 5.69 Å². The highest BCUT2D eigenvalue weighted by Crippen LogP contribution is 2.25. The summed E-state index contributed by atoms with van der Waals surface area (Å²) < 4.78 is 9.94. The molecule has 0 aliphatic carbocycles. The number of methoxy groups -OCH3 is 1. The number of hydrogen-bond acceptors (Lipinski definition) is 6. The minimum atomic E-state index is -0.583. The molecule has 10 heteroatoms. The molecule has 0 bridgehead atoms. The number of amides is 1. The molecular weight excluding hydrogens is 312 g/mol. The van der Waals surface area contributed by atoms with Gasteiger partial charge in [0.1, 0.15) is 0 Å². The van der Waals surface area contributed by atoms with Gasteiger partial charge < -0.3 is 14.8 Å². The molecule has 22 heavy (non-hydrogen) atoms. The molecule has 0 heterocycles. The average Bonchev–Trinajstić information content (AvgIpc) is 2.51. The van der Waals surface area contributed by atoms with Crippen molar-refractivity contribution in [1.29, 1.82) is 0 Å². The summed E-state index contributed by atoms with van der Waals surface area (Å²) in [5.41, 5.74) is 4.56. The van der Waals surface area contributed by atoms with Gasteiger partial charge in [-0.2, -0.15) is 0 Å². The van der Waals surface area contributed by atoms with Crippen molar-refractivity contribution >= 4 is 28.9 Å². The lowest BCUT2D eigenvalue weighted by Gasteiger charge is -2.11. The summed E-state index contributed by atoms with van der Waals surface area (Å²) in [4.78, 5) is 21.8. The van der Waals surface area contributed by atoms with E-state index in [4.69, 9.17) is 21.7 Å². The lowest BCUT2D eigenvalue weighted by Crippen LogP contribution is -2.48. The molecule has 0 aliphatic rings. The van der Waals surface area contributed by atoms with Crippen LogP contribution in [0, 0.1) is 10.1 Å². The van der Waals surface area contributed by atoms with E-state index in [-0.39, 0.29) is 16.5 Å². The molecule has 120 valence electrons. The van der Waals surface area contributed by atoms with E-state index in [9.17, 15) is 14.9 Å². The Hall–Kier alpha value is -2.46. The topological polar surface area (TPSA) is 115 Å². The molecule has 0 radical (unpaired) electrons.